The molecule has 0 radical (unpaired) electrons. The van der Waals surface area contributed by atoms with Gasteiger partial charge in [0.05, 0.1) is 18.2 Å². The van der Waals surface area contributed by atoms with Crippen LogP contribution in [0.3, 0.4) is 0 Å². The summed E-state index contributed by atoms with van der Waals surface area (Å²) in [5, 5.41) is 11.6. The Morgan fingerprint density at radius 2 is 2.17 bits per heavy atom. The van der Waals surface area contributed by atoms with Gasteiger partial charge in [-0.15, -0.1) is 0 Å². The van der Waals surface area contributed by atoms with E-state index in [1.54, 1.807) is 14.0 Å². The van der Waals surface area contributed by atoms with E-state index in [1.807, 2.05) is 29.8 Å². The van der Waals surface area contributed by atoms with Gasteiger partial charge in [0.15, 0.2) is 0 Å². The summed E-state index contributed by atoms with van der Waals surface area (Å²) in [6.45, 7) is 3.97. The Hall–Kier alpha value is -2.09. The molecule has 2 aromatic rings. The highest BCUT2D eigenvalue weighted by Gasteiger charge is 2.17. The summed E-state index contributed by atoms with van der Waals surface area (Å²) in [5.41, 5.74) is 2.61. The van der Waals surface area contributed by atoms with E-state index in [0.29, 0.717) is 0 Å². The Morgan fingerprint density at radius 3 is 2.83 bits per heavy atom. The SMILES string of the molecule is Cc1cc(Br)cn2cc(CNC(=O)N(C)CC(C)C(=O)O)nc12. The number of hydrogen-bond donors (Lipinski definition) is 2. The minimum atomic E-state index is -0.925. The molecule has 1 unspecified atom stereocenters. The molecule has 2 aromatic heterocycles. The van der Waals surface area contributed by atoms with Gasteiger partial charge in [0, 0.05) is 30.5 Å². The first-order valence-electron chi connectivity index (χ1n) is 7.13. The van der Waals surface area contributed by atoms with Crippen LogP contribution in [0.15, 0.2) is 22.9 Å². The molecule has 1 atom stereocenters. The molecule has 0 saturated carbocycles. The number of amides is 2. The van der Waals surface area contributed by atoms with Crippen LogP contribution >= 0.6 is 15.9 Å². The van der Waals surface area contributed by atoms with Gasteiger partial charge >= 0.3 is 12.0 Å². The number of hydrogen-bond acceptors (Lipinski definition) is 3. The summed E-state index contributed by atoms with van der Waals surface area (Å²) >= 11 is 3.44. The molecule has 124 valence electrons. The largest absolute Gasteiger partial charge is 0.481 e. The van der Waals surface area contributed by atoms with Crippen molar-refractivity contribution in [3.63, 3.8) is 0 Å². The maximum atomic E-state index is 12.0. The fourth-order valence-electron chi connectivity index (χ4n) is 2.23. The topological polar surface area (TPSA) is 86.9 Å². The van der Waals surface area contributed by atoms with Gasteiger partial charge in [-0.25, -0.2) is 9.78 Å². The number of nitrogens with one attached hydrogen (secondary N) is 1. The highest BCUT2D eigenvalue weighted by molar-refractivity contribution is 9.10. The number of pyridine rings is 1. The maximum Gasteiger partial charge on any atom is 0.317 e. The minimum absolute atomic E-state index is 0.151. The number of rotatable bonds is 5. The molecule has 7 nitrogen and oxygen atoms in total. The average molecular weight is 383 g/mol. The van der Waals surface area contributed by atoms with E-state index < -0.39 is 11.9 Å². The second-order valence-electron chi connectivity index (χ2n) is 5.58. The molecule has 0 spiro atoms. The molecule has 0 bridgehead atoms. The summed E-state index contributed by atoms with van der Waals surface area (Å²) in [6, 6.07) is 1.65. The molecule has 2 amide bonds. The molecule has 0 aromatic carbocycles. The molecule has 2 rings (SSSR count). The molecule has 0 aliphatic rings. The molecule has 23 heavy (non-hydrogen) atoms. The lowest BCUT2D eigenvalue weighted by atomic mass is 10.2. The van der Waals surface area contributed by atoms with E-state index in [9.17, 15) is 9.59 Å². The number of fused-ring (bicyclic) bond motifs is 1. The third-order valence-corrected chi connectivity index (χ3v) is 3.92. The molecule has 8 heteroatoms. The fourth-order valence-corrected chi connectivity index (χ4v) is 2.80. The predicted molar refractivity (Wildman–Crippen MR) is 89.3 cm³/mol. The zero-order chi connectivity index (χ0) is 17.1. The van der Waals surface area contributed by atoms with Crippen molar-refractivity contribution in [3.05, 3.63) is 34.2 Å². The highest BCUT2D eigenvalue weighted by Crippen LogP contribution is 2.17. The summed E-state index contributed by atoms with van der Waals surface area (Å²) < 4.78 is 2.86. The van der Waals surface area contributed by atoms with Crippen LogP contribution in [0.1, 0.15) is 18.2 Å². The average Bonchev–Trinajstić information content (AvgIpc) is 2.87. The van der Waals surface area contributed by atoms with E-state index in [2.05, 4.69) is 26.2 Å². The number of aryl methyl sites for hydroxylation is 1. The predicted octanol–water partition coefficient (Wildman–Crippen LogP) is 2.27. The third kappa shape index (κ3) is 4.22. The molecule has 0 fully saturated rings. The summed E-state index contributed by atoms with van der Waals surface area (Å²) in [4.78, 5) is 28.7. The van der Waals surface area contributed by atoms with Crippen LogP contribution in [0, 0.1) is 12.8 Å². The third-order valence-electron chi connectivity index (χ3n) is 3.49. The van der Waals surface area contributed by atoms with Crippen molar-refractivity contribution >= 4 is 33.6 Å². The number of halogens is 1. The van der Waals surface area contributed by atoms with Gasteiger partial charge in [-0.1, -0.05) is 6.92 Å². The fraction of sp³-hybridized carbons (Fsp3) is 0.400. The standard InChI is InChI=1S/C15H19BrN4O3/c1-9-4-11(16)7-20-8-12(18-13(9)20)5-17-15(23)19(3)6-10(2)14(21)22/h4,7-8,10H,5-6H2,1-3H3,(H,17,23)(H,21,22). The Balaban J connectivity index is 1.99. The lowest BCUT2D eigenvalue weighted by Gasteiger charge is -2.19. The van der Waals surface area contributed by atoms with Crippen molar-refractivity contribution in [2.45, 2.75) is 20.4 Å². The number of imidazole rings is 1. The first kappa shape index (κ1) is 17.3. The number of urea groups is 1. The van der Waals surface area contributed by atoms with Gasteiger partial charge in [-0.2, -0.15) is 0 Å². The van der Waals surface area contributed by atoms with E-state index in [0.717, 1.165) is 21.4 Å². The van der Waals surface area contributed by atoms with Crippen molar-refractivity contribution < 1.29 is 14.7 Å². The number of carboxylic acid groups (broad SMARTS) is 1. The quantitative estimate of drug-likeness (QED) is 0.829. The number of carbonyl (C=O) groups excluding carboxylic acids is 1. The lowest BCUT2D eigenvalue weighted by molar-refractivity contribution is -0.141. The number of aromatic nitrogens is 2. The lowest BCUT2D eigenvalue weighted by Crippen LogP contribution is -2.40. The first-order valence-corrected chi connectivity index (χ1v) is 7.92. The molecular formula is C15H19BrN4O3. The summed E-state index contributed by atoms with van der Waals surface area (Å²) in [7, 11) is 1.57. The Bertz CT molecular complexity index is 744. The molecule has 0 aliphatic heterocycles. The first-order chi connectivity index (χ1) is 10.8. The summed E-state index contributed by atoms with van der Waals surface area (Å²) in [5.74, 6) is -1.54. The van der Waals surface area contributed by atoms with E-state index in [-0.39, 0.29) is 19.1 Å². The van der Waals surface area contributed by atoms with Gasteiger partial charge < -0.3 is 19.7 Å². The molecule has 2 N–H and O–H groups in total. The van der Waals surface area contributed by atoms with Gasteiger partial charge in [-0.3, -0.25) is 4.79 Å². The van der Waals surface area contributed by atoms with Crippen LogP contribution in [-0.4, -0.2) is 45.0 Å². The number of carbonyl (C=O) groups is 2. The second kappa shape index (κ2) is 6.99. The van der Waals surface area contributed by atoms with Crippen molar-refractivity contribution in [2.24, 2.45) is 5.92 Å². The summed E-state index contributed by atoms with van der Waals surface area (Å²) in [6.07, 6.45) is 3.76. The zero-order valence-corrected chi connectivity index (χ0v) is 14.8. The van der Waals surface area contributed by atoms with E-state index in [1.165, 1.54) is 4.90 Å². The highest BCUT2D eigenvalue weighted by atomic mass is 79.9. The van der Waals surface area contributed by atoms with Crippen molar-refractivity contribution in [3.8, 4) is 0 Å². The Morgan fingerprint density at radius 1 is 1.48 bits per heavy atom. The maximum absolute atomic E-state index is 12.0. The van der Waals surface area contributed by atoms with E-state index in [4.69, 9.17) is 5.11 Å². The molecule has 0 saturated heterocycles. The number of carboxylic acids is 1. The van der Waals surface area contributed by atoms with Gasteiger partial charge in [-0.05, 0) is 34.5 Å². The second-order valence-corrected chi connectivity index (χ2v) is 6.50. The molecular weight excluding hydrogens is 364 g/mol. The van der Waals surface area contributed by atoms with Crippen LogP contribution < -0.4 is 5.32 Å². The van der Waals surface area contributed by atoms with Gasteiger partial charge in [0.1, 0.15) is 5.65 Å². The Kier molecular flexibility index (Phi) is 5.25. The Labute approximate surface area is 142 Å². The van der Waals surface area contributed by atoms with Crippen molar-refractivity contribution in [2.75, 3.05) is 13.6 Å². The number of aliphatic carboxylic acids is 1. The molecule has 0 aliphatic carbocycles. The molecule has 2 heterocycles. The van der Waals surface area contributed by atoms with Crippen LogP contribution in [0.5, 0.6) is 0 Å². The minimum Gasteiger partial charge on any atom is -0.481 e. The van der Waals surface area contributed by atoms with Gasteiger partial charge in [0.2, 0.25) is 0 Å². The monoisotopic (exact) mass is 382 g/mol. The normalized spacial score (nSPS) is 12.2. The smallest absolute Gasteiger partial charge is 0.317 e. The van der Waals surface area contributed by atoms with Crippen molar-refractivity contribution in [1.82, 2.24) is 19.6 Å². The van der Waals surface area contributed by atoms with Crippen LogP contribution in [-0.2, 0) is 11.3 Å². The van der Waals surface area contributed by atoms with Crippen molar-refractivity contribution in [1.29, 1.82) is 0 Å². The van der Waals surface area contributed by atoms with Crippen LogP contribution in [0.2, 0.25) is 0 Å². The van der Waals surface area contributed by atoms with Gasteiger partial charge in [0.25, 0.3) is 0 Å². The van der Waals surface area contributed by atoms with E-state index >= 15 is 0 Å². The zero-order valence-electron chi connectivity index (χ0n) is 13.2. The number of nitrogens with zero attached hydrogens (tertiary/aromatic N) is 3. The van der Waals surface area contributed by atoms with Crippen LogP contribution in [0.25, 0.3) is 5.65 Å². The van der Waals surface area contributed by atoms with Crippen LogP contribution in [0.4, 0.5) is 4.79 Å².